The molecule has 0 N–H and O–H groups in total. The lowest BCUT2D eigenvalue weighted by Gasteiger charge is -2.13. The quantitative estimate of drug-likeness (QED) is 0.769. The highest BCUT2D eigenvalue weighted by Crippen LogP contribution is 2.36. The van der Waals surface area contributed by atoms with Gasteiger partial charge in [-0.3, -0.25) is 9.48 Å². The molecule has 1 heterocycles. The second kappa shape index (κ2) is 6.63. The number of carbonyl (C=O) groups is 1. The molecule has 0 fully saturated rings. The maximum Gasteiger partial charge on any atom is 0.180 e. The average molecular weight is 309 g/mol. The van der Waals surface area contributed by atoms with Gasteiger partial charge in [-0.25, -0.2) is 0 Å². The topological polar surface area (TPSA) is 53.4 Å². The van der Waals surface area contributed by atoms with Crippen molar-refractivity contribution in [3.05, 3.63) is 40.2 Å². The van der Waals surface area contributed by atoms with Crippen molar-refractivity contribution in [3.63, 3.8) is 0 Å². The molecule has 0 aliphatic carbocycles. The molecule has 0 saturated carbocycles. The van der Waals surface area contributed by atoms with Gasteiger partial charge in [-0.15, -0.1) is 0 Å². The number of hydrogen-bond acceptors (Lipinski definition) is 4. The number of aromatic nitrogens is 2. The lowest BCUT2D eigenvalue weighted by Crippen LogP contribution is -2.07. The molecule has 0 amide bonds. The number of methoxy groups -OCH3 is 1. The van der Waals surface area contributed by atoms with Crippen LogP contribution in [0.15, 0.2) is 18.2 Å². The van der Waals surface area contributed by atoms with Gasteiger partial charge in [0, 0.05) is 12.1 Å². The van der Waals surface area contributed by atoms with Gasteiger partial charge in [-0.2, -0.15) is 5.10 Å². The molecule has 112 valence electrons. The third-order valence-electron chi connectivity index (χ3n) is 3.04. The molecule has 5 nitrogen and oxygen atoms in total. The summed E-state index contributed by atoms with van der Waals surface area (Å²) in [5.41, 5.74) is 2.33. The SMILES string of the molecule is CCn1nc(C)cc1COc1c(Cl)cc(C=O)cc1OC. The highest BCUT2D eigenvalue weighted by molar-refractivity contribution is 6.32. The van der Waals surface area contributed by atoms with Gasteiger partial charge in [-0.05, 0) is 32.0 Å². The fraction of sp³-hybridized carbons (Fsp3) is 0.333. The minimum absolute atomic E-state index is 0.325. The van der Waals surface area contributed by atoms with E-state index in [1.165, 1.54) is 7.11 Å². The number of benzene rings is 1. The molecule has 0 saturated heterocycles. The lowest BCUT2D eigenvalue weighted by atomic mass is 10.2. The van der Waals surface area contributed by atoms with Gasteiger partial charge in [-0.1, -0.05) is 11.6 Å². The van der Waals surface area contributed by atoms with E-state index >= 15 is 0 Å². The summed E-state index contributed by atoms with van der Waals surface area (Å²) in [6.45, 7) is 5.04. The lowest BCUT2D eigenvalue weighted by molar-refractivity contribution is 0.112. The molecule has 0 aliphatic heterocycles. The number of ether oxygens (including phenoxy) is 2. The number of aryl methyl sites for hydroxylation is 2. The minimum Gasteiger partial charge on any atom is -0.493 e. The predicted octanol–water partition coefficient (Wildman–Crippen LogP) is 3.26. The third kappa shape index (κ3) is 3.36. The molecule has 0 aliphatic rings. The smallest absolute Gasteiger partial charge is 0.180 e. The van der Waals surface area contributed by atoms with Crippen LogP contribution in [-0.2, 0) is 13.2 Å². The van der Waals surface area contributed by atoms with Gasteiger partial charge < -0.3 is 9.47 Å². The van der Waals surface area contributed by atoms with Crippen LogP contribution in [0.2, 0.25) is 5.02 Å². The second-order valence-corrected chi connectivity index (χ2v) is 4.94. The summed E-state index contributed by atoms with van der Waals surface area (Å²) in [6, 6.07) is 5.11. The van der Waals surface area contributed by atoms with Crippen LogP contribution in [0.3, 0.4) is 0 Å². The Kier molecular flexibility index (Phi) is 4.85. The molecular formula is C15H17ClN2O3. The van der Waals surface area contributed by atoms with Crippen LogP contribution in [-0.4, -0.2) is 23.2 Å². The van der Waals surface area contributed by atoms with Crippen molar-refractivity contribution in [1.82, 2.24) is 9.78 Å². The van der Waals surface area contributed by atoms with E-state index < -0.39 is 0 Å². The van der Waals surface area contributed by atoms with Gasteiger partial charge in [0.2, 0.25) is 0 Å². The van der Waals surface area contributed by atoms with Crippen LogP contribution in [0.5, 0.6) is 11.5 Å². The summed E-state index contributed by atoms with van der Waals surface area (Å²) < 4.78 is 12.9. The van der Waals surface area contributed by atoms with Crippen LogP contribution in [0, 0.1) is 6.92 Å². The van der Waals surface area contributed by atoms with Crippen molar-refractivity contribution < 1.29 is 14.3 Å². The largest absolute Gasteiger partial charge is 0.493 e. The van der Waals surface area contributed by atoms with E-state index in [1.807, 2.05) is 24.6 Å². The standard InChI is InChI=1S/C15H17ClN2O3/c1-4-18-12(5-10(2)17-18)9-21-15-13(16)6-11(8-19)7-14(15)20-3/h5-8H,4,9H2,1-3H3. The molecule has 2 rings (SSSR count). The summed E-state index contributed by atoms with van der Waals surface area (Å²) in [7, 11) is 1.51. The normalized spacial score (nSPS) is 10.5. The van der Waals surface area contributed by atoms with Gasteiger partial charge in [0.15, 0.2) is 11.5 Å². The van der Waals surface area contributed by atoms with Crippen molar-refractivity contribution in [1.29, 1.82) is 0 Å². The van der Waals surface area contributed by atoms with Crippen molar-refractivity contribution in [2.24, 2.45) is 0 Å². The summed E-state index contributed by atoms with van der Waals surface area (Å²) >= 11 is 6.15. The van der Waals surface area contributed by atoms with Gasteiger partial charge in [0.25, 0.3) is 0 Å². The van der Waals surface area contributed by atoms with Crippen molar-refractivity contribution in [2.45, 2.75) is 27.0 Å². The fourth-order valence-electron chi connectivity index (χ4n) is 2.08. The van der Waals surface area contributed by atoms with Crippen LogP contribution in [0.25, 0.3) is 0 Å². The van der Waals surface area contributed by atoms with Crippen LogP contribution >= 0.6 is 11.6 Å². The molecule has 0 radical (unpaired) electrons. The van der Waals surface area contributed by atoms with Crippen molar-refractivity contribution in [2.75, 3.05) is 7.11 Å². The molecule has 0 atom stereocenters. The fourth-order valence-corrected chi connectivity index (χ4v) is 2.36. The molecule has 21 heavy (non-hydrogen) atoms. The third-order valence-corrected chi connectivity index (χ3v) is 3.32. The van der Waals surface area contributed by atoms with E-state index in [1.54, 1.807) is 12.1 Å². The Morgan fingerprint density at radius 2 is 2.14 bits per heavy atom. The highest BCUT2D eigenvalue weighted by Gasteiger charge is 2.13. The molecule has 0 spiro atoms. The van der Waals surface area contributed by atoms with Crippen LogP contribution in [0.4, 0.5) is 0 Å². The Morgan fingerprint density at radius 3 is 2.76 bits per heavy atom. The molecule has 2 aromatic rings. The Bertz CT molecular complexity index is 653. The summed E-state index contributed by atoms with van der Waals surface area (Å²) in [6.07, 6.45) is 0.716. The maximum atomic E-state index is 10.8. The zero-order valence-corrected chi connectivity index (χ0v) is 13.0. The Morgan fingerprint density at radius 1 is 1.38 bits per heavy atom. The van der Waals surface area contributed by atoms with E-state index in [0.717, 1.165) is 17.9 Å². The first kappa shape index (κ1) is 15.4. The molecule has 0 unspecified atom stereocenters. The maximum absolute atomic E-state index is 10.8. The molecule has 0 bridgehead atoms. The van der Waals surface area contributed by atoms with Gasteiger partial charge in [0.1, 0.15) is 12.9 Å². The van der Waals surface area contributed by atoms with E-state index in [4.69, 9.17) is 21.1 Å². The van der Waals surface area contributed by atoms with Gasteiger partial charge >= 0.3 is 0 Å². The zero-order chi connectivity index (χ0) is 15.4. The van der Waals surface area contributed by atoms with Gasteiger partial charge in [0.05, 0.1) is 23.5 Å². The first-order valence-electron chi connectivity index (χ1n) is 6.57. The minimum atomic E-state index is 0.325. The number of carbonyl (C=O) groups excluding carboxylic acids is 1. The van der Waals surface area contributed by atoms with E-state index in [0.29, 0.717) is 35.0 Å². The first-order chi connectivity index (χ1) is 10.1. The molecular weight excluding hydrogens is 292 g/mol. The zero-order valence-electron chi connectivity index (χ0n) is 12.2. The number of rotatable bonds is 6. The van der Waals surface area contributed by atoms with E-state index in [9.17, 15) is 4.79 Å². The van der Waals surface area contributed by atoms with Crippen LogP contribution in [0.1, 0.15) is 28.7 Å². The van der Waals surface area contributed by atoms with E-state index in [-0.39, 0.29) is 0 Å². The average Bonchev–Trinajstić information content (AvgIpc) is 2.85. The summed E-state index contributed by atoms with van der Waals surface area (Å²) in [4.78, 5) is 10.8. The van der Waals surface area contributed by atoms with Crippen molar-refractivity contribution in [3.8, 4) is 11.5 Å². The number of halogens is 1. The number of aldehydes is 1. The number of nitrogens with zero attached hydrogens (tertiary/aromatic N) is 2. The predicted molar refractivity (Wildman–Crippen MR) is 80.4 cm³/mol. The first-order valence-corrected chi connectivity index (χ1v) is 6.95. The second-order valence-electron chi connectivity index (χ2n) is 4.53. The summed E-state index contributed by atoms with van der Waals surface area (Å²) in [5.74, 6) is 0.857. The Balaban J connectivity index is 2.25. The summed E-state index contributed by atoms with van der Waals surface area (Å²) in [5, 5.41) is 4.70. The number of hydrogen-bond donors (Lipinski definition) is 0. The highest BCUT2D eigenvalue weighted by atomic mass is 35.5. The Labute approximate surface area is 128 Å². The van der Waals surface area contributed by atoms with E-state index in [2.05, 4.69) is 5.10 Å². The molecule has 1 aromatic heterocycles. The molecule has 6 heteroatoms. The molecule has 1 aromatic carbocycles. The Hall–Kier alpha value is -2.01. The monoisotopic (exact) mass is 308 g/mol. The van der Waals surface area contributed by atoms with Crippen molar-refractivity contribution >= 4 is 17.9 Å². The van der Waals surface area contributed by atoms with Crippen LogP contribution < -0.4 is 9.47 Å².